The number of nitrogens with zero attached hydrogens (tertiary/aromatic N) is 2. The highest BCUT2D eigenvalue weighted by Crippen LogP contribution is 2.67. The molecule has 2 atom stereocenters. The summed E-state index contributed by atoms with van der Waals surface area (Å²) in [6, 6.07) is 77.9. The fourth-order valence-electron chi connectivity index (χ4n) is 11.9. The van der Waals surface area contributed by atoms with E-state index in [1.807, 2.05) is 0 Å². The molecule has 13 rings (SSSR count). The summed E-state index contributed by atoms with van der Waals surface area (Å²) in [5.41, 5.74) is 15.6. The molecule has 63 heavy (non-hydrogen) atoms. The van der Waals surface area contributed by atoms with Gasteiger partial charge in [0.1, 0.15) is 11.5 Å². The Morgan fingerprint density at radius 2 is 0.952 bits per heavy atom. The molecule has 0 fully saturated rings. The van der Waals surface area contributed by atoms with Crippen LogP contribution in [0.2, 0.25) is 0 Å². The molecule has 2 unspecified atom stereocenters. The molecule has 298 valence electrons. The van der Waals surface area contributed by atoms with E-state index < -0.39 is 10.8 Å². The summed E-state index contributed by atoms with van der Waals surface area (Å²) in [7, 11) is 0. The maximum atomic E-state index is 6.74. The van der Waals surface area contributed by atoms with E-state index in [4.69, 9.17) is 14.7 Å². The van der Waals surface area contributed by atoms with E-state index >= 15 is 0 Å². The van der Waals surface area contributed by atoms with E-state index in [1.165, 1.54) is 60.8 Å². The second-order valence-electron chi connectivity index (χ2n) is 17.4. The van der Waals surface area contributed by atoms with Crippen LogP contribution in [0.25, 0.3) is 21.9 Å². The second-order valence-corrected chi connectivity index (χ2v) is 17.4. The van der Waals surface area contributed by atoms with E-state index in [9.17, 15) is 0 Å². The van der Waals surface area contributed by atoms with E-state index in [0.717, 1.165) is 51.7 Å². The summed E-state index contributed by atoms with van der Waals surface area (Å²) in [4.78, 5) is 11.3. The Hall–Kier alpha value is -7.62. The van der Waals surface area contributed by atoms with Crippen molar-refractivity contribution in [3.63, 3.8) is 0 Å². The maximum absolute atomic E-state index is 6.74. The van der Waals surface area contributed by atoms with Crippen molar-refractivity contribution >= 4 is 22.3 Å². The number of hydrogen-bond donors (Lipinski definition) is 0. The topological polar surface area (TPSA) is 34.0 Å². The van der Waals surface area contributed by atoms with E-state index in [2.05, 4.69) is 219 Å². The SMILES string of the molecule is CCC1C(c2ccccc2)=NC(c2ccc3c(c2)C2(c4ccccc4-3)c3ccccc3C3(c4ccccc4Oc4ccccc43)c3ccccc32)=NC1c1ccc2ccccc2c1. The molecule has 4 aliphatic rings. The molecule has 3 heteroatoms. The van der Waals surface area contributed by atoms with Gasteiger partial charge in [0.15, 0.2) is 5.84 Å². The summed E-state index contributed by atoms with van der Waals surface area (Å²) < 4.78 is 6.74. The predicted molar refractivity (Wildman–Crippen MR) is 256 cm³/mol. The first-order valence-electron chi connectivity index (χ1n) is 22.2. The van der Waals surface area contributed by atoms with Gasteiger partial charge in [-0.15, -0.1) is 0 Å². The number of rotatable bonds is 4. The fourth-order valence-corrected chi connectivity index (χ4v) is 11.9. The summed E-state index contributed by atoms with van der Waals surface area (Å²) in [5.74, 6) is 2.66. The molecule has 0 aromatic heterocycles. The molecular formula is C60H42N2O. The monoisotopic (exact) mass is 806 g/mol. The normalized spacial score (nSPS) is 17.9. The molecule has 2 heterocycles. The molecule has 0 bridgehead atoms. The van der Waals surface area contributed by atoms with Gasteiger partial charge >= 0.3 is 0 Å². The lowest BCUT2D eigenvalue weighted by atomic mass is 9.51. The molecule has 2 aliphatic heterocycles. The van der Waals surface area contributed by atoms with Gasteiger partial charge in [0.25, 0.3) is 0 Å². The van der Waals surface area contributed by atoms with Crippen LogP contribution in [0, 0.1) is 5.92 Å². The number of ether oxygens (including phenoxy) is 1. The Bertz CT molecular complexity index is 3300. The molecule has 2 spiro atoms. The van der Waals surface area contributed by atoms with Crippen LogP contribution in [0.1, 0.15) is 80.6 Å². The van der Waals surface area contributed by atoms with Crippen molar-refractivity contribution in [3.8, 4) is 22.6 Å². The number of hydrogen-bond acceptors (Lipinski definition) is 3. The van der Waals surface area contributed by atoms with Crippen molar-refractivity contribution in [1.82, 2.24) is 0 Å². The minimum Gasteiger partial charge on any atom is -0.457 e. The zero-order valence-electron chi connectivity index (χ0n) is 34.9. The first-order valence-corrected chi connectivity index (χ1v) is 22.2. The van der Waals surface area contributed by atoms with Crippen LogP contribution < -0.4 is 4.74 Å². The quantitative estimate of drug-likeness (QED) is 0.174. The summed E-state index contributed by atoms with van der Waals surface area (Å²) in [6.45, 7) is 2.27. The average Bonchev–Trinajstić information content (AvgIpc) is 3.65. The number of para-hydroxylation sites is 2. The van der Waals surface area contributed by atoms with Crippen LogP contribution in [0.5, 0.6) is 11.5 Å². The molecule has 0 saturated carbocycles. The van der Waals surface area contributed by atoms with Crippen LogP contribution in [0.4, 0.5) is 0 Å². The number of fused-ring (bicyclic) bond motifs is 16. The Morgan fingerprint density at radius 1 is 0.429 bits per heavy atom. The third-order valence-electron chi connectivity index (χ3n) is 14.4. The molecule has 0 N–H and O–H groups in total. The Morgan fingerprint density at radius 3 is 1.60 bits per heavy atom. The molecule has 3 nitrogen and oxygen atoms in total. The minimum absolute atomic E-state index is 0.105. The van der Waals surface area contributed by atoms with Crippen molar-refractivity contribution < 1.29 is 4.74 Å². The lowest BCUT2D eigenvalue weighted by Gasteiger charge is -2.51. The third kappa shape index (κ3) is 4.91. The number of amidine groups is 1. The van der Waals surface area contributed by atoms with Gasteiger partial charge < -0.3 is 4.74 Å². The second kappa shape index (κ2) is 13.7. The Kier molecular flexibility index (Phi) is 7.84. The Labute approximate surface area is 367 Å². The third-order valence-corrected chi connectivity index (χ3v) is 14.4. The van der Waals surface area contributed by atoms with Crippen LogP contribution in [-0.2, 0) is 10.8 Å². The van der Waals surface area contributed by atoms with E-state index in [1.54, 1.807) is 0 Å². The molecule has 0 radical (unpaired) electrons. The van der Waals surface area contributed by atoms with Gasteiger partial charge in [-0.1, -0.05) is 195 Å². The van der Waals surface area contributed by atoms with Crippen LogP contribution >= 0.6 is 0 Å². The molecular weight excluding hydrogens is 765 g/mol. The van der Waals surface area contributed by atoms with Crippen molar-refractivity contribution in [2.75, 3.05) is 0 Å². The smallest absolute Gasteiger partial charge is 0.155 e. The highest BCUT2D eigenvalue weighted by Gasteiger charge is 2.58. The zero-order valence-corrected chi connectivity index (χ0v) is 34.9. The Balaban J connectivity index is 1.09. The first kappa shape index (κ1) is 36.1. The number of benzene rings is 9. The van der Waals surface area contributed by atoms with Gasteiger partial charge in [-0.25, -0.2) is 4.99 Å². The van der Waals surface area contributed by atoms with Crippen molar-refractivity contribution in [1.29, 1.82) is 0 Å². The van der Waals surface area contributed by atoms with Gasteiger partial charge in [0, 0.05) is 22.6 Å². The first-order chi connectivity index (χ1) is 31.2. The van der Waals surface area contributed by atoms with Crippen LogP contribution in [-0.4, -0.2) is 11.5 Å². The predicted octanol–water partition coefficient (Wildman–Crippen LogP) is 14.0. The molecule has 0 amide bonds. The van der Waals surface area contributed by atoms with Crippen LogP contribution in [0.3, 0.4) is 0 Å². The fraction of sp³-hybridized carbons (Fsp3) is 0.100. The summed E-state index contributed by atoms with van der Waals surface area (Å²) in [6.07, 6.45) is 0.914. The zero-order chi connectivity index (χ0) is 41.7. The van der Waals surface area contributed by atoms with Gasteiger partial charge in [0.2, 0.25) is 0 Å². The molecule has 9 aromatic carbocycles. The number of aliphatic imine (C=N–C) groups is 2. The highest BCUT2D eigenvalue weighted by atomic mass is 16.5. The lowest BCUT2D eigenvalue weighted by molar-refractivity contribution is 0.429. The average molecular weight is 807 g/mol. The van der Waals surface area contributed by atoms with Crippen molar-refractivity contribution in [3.05, 3.63) is 274 Å². The van der Waals surface area contributed by atoms with E-state index in [-0.39, 0.29) is 12.0 Å². The molecule has 2 aliphatic carbocycles. The lowest BCUT2D eigenvalue weighted by Crippen LogP contribution is -2.45. The van der Waals surface area contributed by atoms with E-state index in [0.29, 0.717) is 0 Å². The highest BCUT2D eigenvalue weighted by molar-refractivity contribution is 6.15. The molecule has 9 aromatic rings. The summed E-state index contributed by atoms with van der Waals surface area (Å²) in [5, 5.41) is 2.46. The maximum Gasteiger partial charge on any atom is 0.155 e. The van der Waals surface area contributed by atoms with Gasteiger partial charge in [0.05, 0.1) is 22.6 Å². The van der Waals surface area contributed by atoms with Gasteiger partial charge in [-0.2, -0.15) is 0 Å². The van der Waals surface area contributed by atoms with Crippen molar-refractivity contribution in [2.45, 2.75) is 30.2 Å². The van der Waals surface area contributed by atoms with Crippen molar-refractivity contribution in [2.24, 2.45) is 15.9 Å². The summed E-state index contributed by atoms with van der Waals surface area (Å²) >= 11 is 0. The van der Waals surface area contributed by atoms with Crippen LogP contribution in [0.15, 0.2) is 222 Å². The molecule has 0 saturated heterocycles. The minimum atomic E-state index is -0.631. The largest absolute Gasteiger partial charge is 0.457 e. The van der Waals surface area contributed by atoms with Gasteiger partial charge in [-0.3, -0.25) is 4.99 Å². The van der Waals surface area contributed by atoms with Gasteiger partial charge in [-0.05, 0) is 97.1 Å². The standard InChI is InChI=1S/C60H42N2O/c1-2-43-56(39-19-4-3-5-20-39)61-58(62-57(43)41-33-32-38-18-6-7-21-40(38)36-41)42-34-35-45-44-22-8-9-23-46(44)59(53(45)37-42)47-24-10-12-26-49(47)60(50-27-13-11-25-48(50)59)51-28-14-16-30-54(51)63-55-31-17-15-29-52(55)60/h3-37,43,57H,2H2,1H3.